The van der Waals surface area contributed by atoms with Crippen LogP contribution in [-0.4, -0.2) is 47.0 Å². The van der Waals surface area contributed by atoms with Crippen LogP contribution in [0.1, 0.15) is 40.5 Å². The van der Waals surface area contributed by atoms with Crippen LogP contribution in [0.25, 0.3) is 0 Å². The Hall–Kier alpha value is -1.10. The lowest BCUT2D eigenvalue weighted by atomic mass is 9.94. The van der Waals surface area contributed by atoms with E-state index in [0.29, 0.717) is 0 Å². The summed E-state index contributed by atoms with van der Waals surface area (Å²) in [6, 6.07) is -0.481. The number of ether oxygens (including phenoxy) is 1. The summed E-state index contributed by atoms with van der Waals surface area (Å²) in [5.74, 6) is -0.123. The molecule has 0 aliphatic carbocycles. The van der Waals surface area contributed by atoms with Crippen molar-refractivity contribution >= 4 is 11.8 Å². The summed E-state index contributed by atoms with van der Waals surface area (Å²) in [6.45, 7) is 7.98. The average Bonchev–Trinajstić information content (AvgIpc) is 2.79. The molecule has 0 bridgehead atoms. The van der Waals surface area contributed by atoms with Crippen LogP contribution in [0, 0.1) is 0 Å². The first-order chi connectivity index (χ1) is 8.34. The summed E-state index contributed by atoms with van der Waals surface area (Å²) in [7, 11) is 0. The van der Waals surface area contributed by atoms with Crippen molar-refractivity contribution < 1.29 is 14.3 Å². The van der Waals surface area contributed by atoms with E-state index < -0.39 is 11.6 Å². The Morgan fingerprint density at radius 2 is 2.11 bits per heavy atom. The lowest BCUT2D eigenvalue weighted by Crippen LogP contribution is -2.70. The highest BCUT2D eigenvalue weighted by Gasteiger charge is 2.46. The molecule has 18 heavy (non-hydrogen) atoms. The van der Waals surface area contributed by atoms with Gasteiger partial charge in [0.1, 0.15) is 11.6 Å². The number of hydrogen-bond acceptors (Lipinski definition) is 3. The number of rotatable bonds is 2. The van der Waals surface area contributed by atoms with Crippen LogP contribution in [0.3, 0.4) is 0 Å². The molecule has 3 unspecified atom stereocenters. The molecular formula is C13H22N2O3. The van der Waals surface area contributed by atoms with E-state index in [0.717, 1.165) is 19.4 Å². The molecule has 1 N–H and O–H groups in total. The molecule has 0 spiro atoms. The minimum Gasteiger partial charge on any atom is -0.376 e. The number of hydrogen-bond donors (Lipinski definition) is 1. The van der Waals surface area contributed by atoms with Gasteiger partial charge in [-0.05, 0) is 40.5 Å². The molecule has 3 atom stereocenters. The molecule has 2 rings (SSSR count). The summed E-state index contributed by atoms with van der Waals surface area (Å²) >= 11 is 0. The number of nitrogens with one attached hydrogen (secondary N) is 1. The summed E-state index contributed by atoms with van der Waals surface area (Å²) < 4.78 is 5.64. The van der Waals surface area contributed by atoms with E-state index in [-0.39, 0.29) is 24.0 Å². The van der Waals surface area contributed by atoms with Crippen LogP contribution in [-0.2, 0) is 14.3 Å². The van der Waals surface area contributed by atoms with Gasteiger partial charge in [-0.1, -0.05) is 0 Å². The molecule has 2 aliphatic heterocycles. The molecule has 0 radical (unpaired) electrons. The topological polar surface area (TPSA) is 58.6 Å². The van der Waals surface area contributed by atoms with Crippen LogP contribution in [0.15, 0.2) is 0 Å². The molecule has 2 saturated heterocycles. The first-order valence-electron chi connectivity index (χ1n) is 6.61. The number of carbonyl (C=O) groups excluding carboxylic acids is 2. The minimum absolute atomic E-state index is 0.0300. The molecule has 2 amide bonds. The minimum atomic E-state index is -0.823. The maximum Gasteiger partial charge on any atom is 0.248 e. The third-order valence-corrected chi connectivity index (χ3v) is 3.94. The Morgan fingerprint density at radius 1 is 1.44 bits per heavy atom. The second kappa shape index (κ2) is 4.53. The standard InChI is InChI=1S/C13H22N2O3/c1-8(10-6-5-7-18-10)15-9(2)11(16)14-13(3,4)12(15)17/h8-10H,5-7H2,1-4H3,(H,14,16). The molecule has 5 heteroatoms. The van der Waals surface area contributed by atoms with Crippen molar-refractivity contribution in [3.8, 4) is 0 Å². The van der Waals surface area contributed by atoms with Crippen molar-refractivity contribution in [2.45, 2.75) is 64.3 Å². The van der Waals surface area contributed by atoms with Gasteiger partial charge in [-0.3, -0.25) is 9.59 Å². The maximum absolute atomic E-state index is 12.5. The zero-order valence-corrected chi connectivity index (χ0v) is 11.5. The van der Waals surface area contributed by atoms with E-state index in [1.807, 2.05) is 6.92 Å². The van der Waals surface area contributed by atoms with Crippen molar-refractivity contribution in [3.05, 3.63) is 0 Å². The SMILES string of the molecule is CC1C(=O)NC(C)(C)C(=O)N1C(C)C1CCCO1. The summed E-state index contributed by atoms with van der Waals surface area (Å²) in [6.07, 6.45) is 2.04. The van der Waals surface area contributed by atoms with Gasteiger partial charge in [0.2, 0.25) is 11.8 Å². The zero-order valence-electron chi connectivity index (χ0n) is 11.5. The number of carbonyl (C=O) groups is 2. The lowest BCUT2D eigenvalue weighted by molar-refractivity contribution is -0.158. The number of amides is 2. The molecule has 5 nitrogen and oxygen atoms in total. The van der Waals surface area contributed by atoms with Gasteiger partial charge < -0.3 is 15.0 Å². The van der Waals surface area contributed by atoms with Crippen molar-refractivity contribution in [1.82, 2.24) is 10.2 Å². The second-order valence-electron chi connectivity index (χ2n) is 5.79. The molecule has 0 saturated carbocycles. The molecule has 0 aromatic heterocycles. The van der Waals surface area contributed by atoms with Crippen LogP contribution in [0.2, 0.25) is 0 Å². The van der Waals surface area contributed by atoms with E-state index in [1.165, 1.54) is 0 Å². The molecule has 0 aromatic carbocycles. The van der Waals surface area contributed by atoms with Gasteiger partial charge >= 0.3 is 0 Å². The number of nitrogens with zero attached hydrogens (tertiary/aromatic N) is 1. The van der Waals surface area contributed by atoms with Crippen LogP contribution in [0.5, 0.6) is 0 Å². The molecular weight excluding hydrogens is 232 g/mol. The van der Waals surface area contributed by atoms with Gasteiger partial charge in [0, 0.05) is 6.61 Å². The smallest absolute Gasteiger partial charge is 0.248 e. The highest BCUT2D eigenvalue weighted by molar-refractivity contribution is 5.99. The van der Waals surface area contributed by atoms with E-state index in [4.69, 9.17) is 4.74 Å². The van der Waals surface area contributed by atoms with Crippen LogP contribution >= 0.6 is 0 Å². The highest BCUT2D eigenvalue weighted by Crippen LogP contribution is 2.26. The van der Waals surface area contributed by atoms with Crippen molar-refractivity contribution in [3.63, 3.8) is 0 Å². The summed E-state index contributed by atoms with van der Waals surface area (Å²) in [4.78, 5) is 26.1. The quantitative estimate of drug-likeness (QED) is 0.788. The fourth-order valence-electron chi connectivity index (χ4n) is 2.79. The Balaban J connectivity index is 2.22. The predicted octanol–water partition coefficient (Wildman–Crippen LogP) is 0.679. The van der Waals surface area contributed by atoms with Crippen LogP contribution in [0.4, 0.5) is 0 Å². The number of piperazine rings is 1. The van der Waals surface area contributed by atoms with Crippen molar-refractivity contribution in [2.75, 3.05) is 6.61 Å². The molecule has 2 fully saturated rings. The first kappa shape index (κ1) is 13.3. The average molecular weight is 254 g/mol. The first-order valence-corrected chi connectivity index (χ1v) is 6.61. The van der Waals surface area contributed by atoms with Gasteiger partial charge in [-0.15, -0.1) is 0 Å². The third-order valence-electron chi connectivity index (χ3n) is 3.94. The van der Waals surface area contributed by atoms with Crippen LogP contribution < -0.4 is 5.32 Å². The van der Waals surface area contributed by atoms with Gasteiger partial charge in [0.25, 0.3) is 0 Å². The van der Waals surface area contributed by atoms with E-state index in [9.17, 15) is 9.59 Å². The fraction of sp³-hybridized carbons (Fsp3) is 0.846. The van der Waals surface area contributed by atoms with Gasteiger partial charge in [-0.2, -0.15) is 0 Å². The normalized spacial score (nSPS) is 33.4. The Bertz CT molecular complexity index is 361. The highest BCUT2D eigenvalue weighted by atomic mass is 16.5. The van der Waals surface area contributed by atoms with Crippen molar-refractivity contribution in [2.24, 2.45) is 0 Å². The molecule has 2 aliphatic rings. The monoisotopic (exact) mass is 254 g/mol. The van der Waals surface area contributed by atoms with E-state index in [1.54, 1.807) is 25.7 Å². The Labute approximate surface area is 108 Å². The molecule has 2 heterocycles. The van der Waals surface area contributed by atoms with E-state index >= 15 is 0 Å². The zero-order chi connectivity index (χ0) is 13.5. The molecule has 102 valence electrons. The van der Waals surface area contributed by atoms with Gasteiger partial charge in [-0.25, -0.2) is 0 Å². The summed E-state index contributed by atoms with van der Waals surface area (Å²) in [5.41, 5.74) is -0.823. The third kappa shape index (κ3) is 2.11. The second-order valence-corrected chi connectivity index (χ2v) is 5.79. The van der Waals surface area contributed by atoms with Crippen molar-refractivity contribution in [1.29, 1.82) is 0 Å². The fourth-order valence-corrected chi connectivity index (χ4v) is 2.79. The van der Waals surface area contributed by atoms with E-state index in [2.05, 4.69) is 5.32 Å². The predicted molar refractivity (Wildman–Crippen MR) is 67.0 cm³/mol. The Kier molecular flexibility index (Phi) is 3.36. The van der Waals surface area contributed by atoms with Gasteiger partial charge in [0.05, 0.1) is 12.1 Å². The van der Waals surface area contributed by atoms with Gasteiger partial charge in [0.15, 0.2) is 0 Å². The largest absolute Gasteiger partial charge is 0.376 e. The maximum atomic E-state index is 12.5. The lowest BCUT2D eigenvalue weighted by Gasteiger charge is -2.45. The Morgan fingerprint density at radius 3 is 2.67 bits per heavy atom. The summed E-state index contributed by atoms with van der Waals surface area (Å²) in [5, 5.41) is 2.76. The molecule has 0 aromatic rings.